The molecule has 0 radical (unpaired) electrons. The van der Waals surface area contributed by atoms with Crippen molar-refractivity contribution >= 4 is 18.2 Å². The summed E-state index contributed by atoms with van der Waals surface area (Å²) in [6.45, 7) is 4.46. The Balaban J connectivity index is 1.27. The summed E-state index contributed by atoms with van der Waals surface area (Å²) in [6, 6.07) is -0.166. The molecule has 1 unspecified atom stereocenters. The highest BCUT2D eigenvalue weighted by atomic mass is 16.3. The number of hydrazone groups is 1. The molecule has 7 heteroatoms. The molecule has 1 N–H and O–H groups in total. The van der Waals surface area contributed by atoms with Crippen molar-refractivity contribution in [1.29, 1.82) is 0 Å². The maximum absolute atomic E-state index is 13.4. The summed E-state index contributed by atoms with van der Waals surface area (Å²) in [5, 5.41) is 18.4. The average molecular weight is 459 g/mol. The van der Waals surface area contributed by atoms with E-state index in [1.54, 1.807) is 11.2 Å². The van der Waals surface area contributed by atoms with Crippen molar-refractivity contribution < 1.29 is 14.7 Å². The zero-order chi connectivity index (χ0) is 23.1. The minimum Gasteiger partial charge on any atom is -0.387 e. The number of nitrogens with zero attached hydrogens (tertiary/aromatic N) is 4. The third-order valence-electron chi connectivity index (χ3n) is 9.55. The first-order valence-corrected chi connectivity index (χ1v) is 13.5. The highest BCUT2D eigenvalue weighted by Gasteiger charge is 2.57. The van der Waals surface area contributed by atoms with Crippen LogP contribution in [0.3, 0.4) is 0 Å². The van der Waals surface area contributed by atoms with E-state index >= 15 is 0 Å². The van der Waals surface area contributed by atoms with Gasteiger partial charge in [-0.25, -0.2) is 0 Å². The molecular formula is C26H42N4O3. The molecule has 3 heterocycles. The Morgan fingerprint density at radius 2 is 1.85 bits per heavy atom. The molecule has 7 nitrogen and oxygen atoms in total. The molecule has 0 aromatic rings. The standard InChI is InChI=1S/C26H42N4O3/c1-20(16-21-8-3-2-4-9-21)23(31)28-15-13-26(33,25(17-28)11-5-6-12-25)18-29-19-27-30-14-7-10-22(30)24(29)32/h19-22,33H,2-18H2,1H3/t20-,22?,26+/m1/s1. The molecule has 184 valence electrons. The van der Waals surface area contributed by atoms with Crippen LogP contribution in [0.4, 0.5) is 0 Å². The lowest BCUT2D eigenvalue weighted by atomic mass is 9.65. The molecule has 2 amide bonds. The van der Waals surface area contributed by atoms with Gasteiger partial charge in [-0.3, -0.25) is 19.5 Å². The molecule has 3 aliphatic heterocycles. The first kappa shape index (κ1) is 23.1. The van der Waals surface area contributed by atoms with Gasteiger partial charge < -0.3 is 10.0 Å². The van der Waals surface area contributed by atoms with Crippen molar-refractivity contribution in [3.05, 3.63) is 0 Å². The van der Waals surface area contributed by atoms with Gasteiger partial charge in [0.1, 0.15) is 12.4 Å². The van der Waals surface area contributed by atoms with Gasteiger partial charge in [0, 0.05) is 31.0 Å². The zero-order valence-corrected chi connectivity index (χ0v) is 20.4. The Morgan fingerprint density at radius 3 is 2.61 bits per heavy atom. The summed E-state index contributed by atoms with van der Waals surface area (Å²) in [6.07, 6.45) is 15.5. The van der Waals surface area contributed by atoms with Crippen LogP contribution in [0.1, 0.15) is 90.4 Å². The van der Waals surface area contributed by atoms with Crippen LogP contribution >= 0.6 is 0 Å². The van der Waals surface area contributed by atoms with E-state index in [9.17, 15) is 14.7 Å². The van der Waals surface area contributed by atoms with Gasteiger partial charge in [-0.15, -0.1) is 0 Å². The summed E-state index contributed by atoms with van der Waals surface area (Å²) in [7, 11) is 0. The van der Waals surface area contributed by atoms with Crippen LogP contribution in [-0.4, -0.2) is 75.9 Å². The molecular weight excluding hydrogens is 416 g/mol. The first-order chi connectivity index (χ1) is 15.9. The van der Waals surface area contributed by atoms with Crippen LogP contribution in [0.15, 0.2) is 5.10 Å². The number of aliphatic hydroxyl groups is 1. The average Bonchev–Trinajstić information content (AvgIpc) is 3.49. The van der Waals surface area contributed by atoms with Crippen molar-refractivity contribution in [2.45, 2.75) is 102 Å². The Kier molecular flexibility index (Phi) is 6.45. The van der Waals surface area contributed by atoms with Crippen LogP contribution in [-0.2, 0) is 9.59 Å². The number of fused-ring (bicyclic) bond motifs is 1. The third kappa shape index (κ3) is 4.30. The smallest absolute Gasteiger partial charge is 0.252 e. The maximum Gasteiger partial charge on any atom is 0.252 e. The molecule has 0 aromatic heterocycles. The van der Waals surface area contributed by atoms with Crippen LogP contribution in [0.25, 0.3) is 0 Å². The summed E-state index contributed by atoms with van der Waals surface area (Å²) in [5.41, 5.74) is -1.28. The lowest BCUT2D eigenvalue weighted by Gasteiger charge is -2.54. The second-order valence-electron chi connectivity index (χ2n) is 11.7. The van der Waals surface area contributed by atoms with E-state index in [2.05, 4.69) is 16.9 Å². The molecule has 0 bridgehead atoms. The summed E-state index contributed by atoms with van der Waals surface area (Å²) < 4.78 is 0. The number of carbonyl (C=O) groups excluding carboxylic acids is 2. The predicted octanol–water partition coefficient (Wildman–Crippen LogP) is 3.37. The Labute approximate surface area is 198 Å². The van der Waals surface area contributed by atoms with Crippen LogP contribution in [0, 0.1) is 17.3 Å². The third-order valence-corrected chi connectivity index (χ3v) is 9.55. The number of hydrogen-bond acceptors (Lipinski definition) is 5. The number of carbonyl (C=O) groups is 2. The molecule has 2 saturated carbocycles. The number of likely N-dealkylation sites (tertiary alicyclic amines) is 1. The molecule has 2 saturated heterocycles. The van der Waals surface area contributed by atoms with Crippen molar-refractivity contribution in [3.63, 3.8) is 0 Å². The number of amides is 2. The Morgan fingerprint density at radius 1 is 1.09 bits per heavy atom. The zero-order valence-electron chi connectivity index (χ0n) is 20.4. The molecule has 5 rings (SSSR count). The van der Waals surface area contributed by atoms with Crippen LogP contribution in [0.5, 0.6) is 0 Å². The molecule has 0 aromatic carbocycles. The largest absolute Gasteiger partial charge is 0.387 e. The summed E-state index contributed by atoms with van der Waals surface area (Å²) in [4.78, 5) is 30.3. The van der Waals surface area contributed by atoms with Crippen molar-refractivity contribution in [2.75, 3.05) is 26.2 Å². The van der Waals surface area contributed by atoms with Gasteiger partial charge in [-0.1, -0.05) is 51.9 Å². The van der Waals surface area contributed by atoms with Crippen molar-refractivity contribution in [2.24, 2.45) is 22.4 Å². The predicted molar refractivity (Wildman–Crippen MR) is 127 cm³/mol. The van der Waals surface area contributed by atoms with Gasteiger partial charge in [0.15, 0.2) is 0 Å². The van der Waals surface area contributed by atoms with Crippen LogP contribution in [0.2, 0.25) is 0 Å². The van der Waals surface area contributed by atoms with E-state index < -0.39 is 5.60 Å². The number of hydrogen-bond donors (Lipinski definition) is 1. The van der Waals surface area contributed by atoms with E-state index in [1.807, 2.05) is 5.01 Å². The lowest BCUT2D eigenvalue weighted by Crippen LogP contribution is -2.65. The van der Waals surface area contributed by atoms with Gasteiger partial charge in [-0.2, -0.15) is 5.10 Å². The fraction of sp³-hybridized carbons (Fsp3) is 0.885. The van der Waals surface area contributed by atoms with Crippen molar-refractivity contribution in [3.8, 4) is 0 Å². The SMILES string of the molecule is C[C@H](CC1CCCCC1)C(=O)N1CC[C@](O)(CN2C=NN3CCCC3C2=O)C2(CCCC2)C1. The van der Waals surface area contributed by atoms with Gasteiger partial charge in [0.2, 0.25) is 5.91 Å². The minimum absolute atomic E-state index is 0.0573. The van der Waals surface area contributed by atoms with E-state index in [4.69, 9.17) is 0 Å². The maximum atomic E-state index is 13.4. The van der Waals surface area contributed by atoms with E-state index in [0.29, 0.717) is 32.0 Å². The first-order valence-electron chi connectivity index (χ1n) is 13.5. The fourth-order valence-corrected chi connectivity index (χ4v) is 7.54. The molecule has 2 aliphatic carbocycles. The molecule has 3 atom stereocenters. The van der Waals surface area contributed by atoms with E-state index in [0.717, 1.165) is 51.5 Å². The quantitative estimate of drug-likeness (QED) is 0.685. The van der Waals surface area contributed by atoms with Gasteiger partial charge in [0.25, 0.3) is 5.91 Å². The lowest BCUT2D eigenvalue weighted by molar-refractivity contribution is -0.166. The monoisotopic (exact) mass is 458 g/mol. The Hall–Kier alpha value is -1.63. The van der Waals surface area contributed by atoms with Gasteiger partial charge in [0.05, 0.1) is 12.1 Å². The van der Waals surface area contributed by atoms with E-state index in [-0.39, 0.29) is 29.2 Å². The van der Waals surface area contributed by atoms with Gasteiger partial charge >= 0.3 is 0 Å². The normalized spacial score (nSPS) is 33.1. The highest BCUT2D eigenvalue weighted by molar-refractivity contribution is 5.93. The molecule has 1 spiro atoms. The number of β-amino-alcohol motifs (C(OH)–C–C–N with tert-alkyl or cyclic N) is 1. The van der Waals surface area contributed by atoms with Gasteiger partial charge in [-0.05, 0) is 44.4 Å². The van der Waals surface area contributed by atoms with Crippen molar-refractivity contribution in [1.82, 2.24) is 14.8 Å². The summed E-state index contributed by atoms with van der Waals surface area (Å²) >= 11 is 0. The molecule has 5 aliphatic rings. The molecule has 4 fully saturated rings. The second kappa shape index (κ2) is 9.20. The minimum atomic E-state index is -0.963. The highest BCUT2D eigenvalue weighted by Crippen LogP contribution is 2.51. The Bertz CT molecular complexity index is 773. The van der Waals surface area contributed by atoms with Crippen LogP contribution < -0.4 is 0 Å². The van der Waals surface area contributed by atoms with E-state index in [1.165, 1.54) is 32.1 Å². The topological polar surface area (TPSA) is 76.5 Å². The fourth-order valence-electron chi connectivity index (χ4n) is 7.54. The second-order valence-corrected chi connectivity index (χ2v) is 11.7. The molecule has 33 heavy (non-hydrogen) atoms. The number of rotatable bonds is 5. The number of piperidine rings is 1. The summed E-state index contributed by atoms with van der Waals surface area (Å²) in [5.74, 6) is 1.09.